The van der Waals surface area contributed by atoms with Crippen LogP contribution in [0.25, 0.3) is 0 Å². The molecule has 1 atom stereocenters. The minimum atomic E-state index is -0.151. The number of amides is 1. The molecule has 7 nitrogen and oxygen atoms in total. The lowest BCUT2D eigenvalue weighted by molar-refractivity contribution is -0.126. The van der Waals surface area contributed by atoms with E-state index in [9.17, 15) is 9.59 Å². The summed E-state index contributed by atoms with van der Waals surface area (Å²) in [5.74, 6) is 0.483. The van der Waals surface area contributed by atoms with Gasteiger partial charge >= 0.3 is 0 Å². The van der Waals surface area contributed by atoms with Gasteiger partial charge in [0.1, 0.15) is 6.61 Å². The Morgan fingerprint density at radius 3 is 3.14 bits per heavy atom. The number of carbonyl (C=O) groups is 1. The number of aromatic nitrogens is 2. The molecule has 2 rings (SSSR count). The summed E-state index contributed by atoms with van der Waals surface area (Å²) in [4.78, 5) is 32.5. The minimum absolute atomic E-state index is 0.0530. The molecule has 2 N–H and O–H groups in total. The molecule has 0 aromatic carbocycles. The summed E-state index contributed by atoms with van der Waals surface area (Å²) in [6, 6.07) is 1.52. The number of ether oxygens (including phenoxy) is 1. The van der Waals surface area contributed by atoms with Crippen LogP contribution in [-0.4, -0.2) is 48.2 Å². The van der Waals surface area contributed by atoms with Gasteiger partial charge in [-0.3, -0.25) is 14.6 Å². The van der Waals surface area contributed by atoms with E-state index in [4.69, 9.17) is 4.74 Å². The average molecular weight is 308 g/mol. The molecule has 1 unspecified atom stereocenters. The highest BCUT2D eigenvalue weighted by atomic mass is 16.5. The van der Waals surface area contributed by atoms with Gasteiger partial charge in [-0.2, -0.15) is 0 Å². The highest BCUT2D eigenvalue weighted by Gasteiger charge is 2.23. The van der Waals surface area contributed by atoms with Gasteiger partial charge in [-0.25, -0.2) is 4.98 Å². The number of anilines is 1. The van der Waals surface area contributed by atoms with E-state index in [1.807, 2.05) is 11.8 Å². The largest absolute Gasteiger partial charge is 0.372 e. The van der Waals surface area contributed by atoms with Gasteiger partial charge in [-0.15, -0.1) is 0 Å². The molecule has 1 aromatic heterocycles. The van der Waals surface area contributed by atoms with Crippen molar-refractivity contribution in [2.24, 2.45) is 0 Å². The van der Waals surface area contributed by atoms with Crippen LogP contribution >= 0.6 is 0 Å². The Kier molecular flexibility index (Phi) is 5.94. The molecule has 1 aliphatic rings. The van der Waals surface area contributed by atoms with Crippen molar-refractivity contribution in [3.8, 4) is 0 Å². The van der Waals surface area contributed by atoms with Gasteiger partial charge in [-0.05, 0) is 26.2 Å². The first-order valence-electron chi connectivity index (χ1n) is 7.78. The highest BCUT2D eigenvalue weighted by Crippen LogP contribution is 2.15. The molecule has 1 amide bonds. The molecule has 0 radical (unpaired) electrons. The van der Waals surface area contributed by atoms with Crippen LogP contribution in [0.15, 0.2) is 10.9 Å². The smallest absolute Gasteiger partial charge is 0.252 e. The second-order valence-electron chi connectivity index (χ2n) is 5.62. The standard InChI is InChI=1S/C15H24N4O3/c1-3-7-22-10-14(21)17-12-5-4-6-19(9-12)15-16-11(2)8-13(20)18-15/h8,12H,3-7,9-10H2,1-2H3,(H,17,21)(H,16,18,20). The fourth-order valence-electron chi connectivity index (χ4n) is 2.58. The molecule has 22 heavy (non-hydrogen) atoms. The van der Waals surface area contributed by atoms with Gasteiger partial charge in [0, 0.05) is 37.5 Å². The van der Waals surface area contributed by atoms with E-state index in [1.54, 1.807) is 6.92 Å². The Hall–Kier alpha value is -1.89. The maximum absolute atomic E-state index is 11.8. The van der Waals surface area contributed by atoms with Crippen LogP contribution in [0.2, 0.25) is 0 Å². The summed E-state index contributed by atoms with van der Waals surface area (Å²) < 4.78 is 5.24. The normalized spacial score (nSPS) is 18.3. The molecular weight excluding hydrogens is 284 g/mol. The Labute approximate surface area is 130 Å². The Bertz CT molecular complexity index is 558. The first-order valence-corrected chi connectivity index (χ1v) is 7.78. The average Bonchev–Trinajstić information content (AvgIpc) is 2.47. The van der Waals surface area contributed by atoms with E-state index in [0.717, 1.165) is 25.8 Å². The molecule has 0 spiro atoms. The van der Waals surface area contributed by atoms with E-state index in [1.165, 1.54) is 6.07 Å². The van der Waals surface area contributed by atoms with E-state index in [-0.39, 0.29) is 24.1 Å². The van der Waals surface area contributed by atoms with Gasteiger partial charge in [0.05, 0.1) is 0 Å². The van der Waals surface area contributed by atoms with Gasteiger partial charge in [0.2, 0.25) is 11.9 Å². The molecule has 1 fully saturated rings. The molecule has 2 heterocycles. The van der Waals surface area contributed by atoms with Crippen molar-refractivity contribution in [1.82, 2.24) is 15.3 Å². The van der Waals surface area contributed by atoms with Gasteiger partial charge < -0.3 is 15.0 Å². The maximum Gasteiger partial charge on any atom is 0.252 e. The third kappa shape index (κ3) is 4.84. The molecule has 1 aromatic rings. The summed E-state index contributed by atoms with van der Waals surface area (Å²) in [5, 5.41) is 2.98. The molecule has 0 aliphatic carbocycles. The summed E-state index contributed by atoms with van der Waals surface area (Å²) in [5.41, 5.74) is 0.541. The third-order valence-corrected chi connectivity index (χ3v) is 3.52. The zero-order valence-electron chi connectivity index (χ0n) is 13.2. The predicted molar refractivity (Wildman–Crippen MR) is 84.1 cm³/mol. The number of aryl methyl sites for hydroxylation is 1. The number of H-pyrrole nitrogens is 1. The first-order chi connectivity index (χ1) is 10.6. The van der Waals surface area contributed by atoms with Crippen LogP contribution in [0.4, 0.5) is 5.95 Å². The molecule has 0 bridgehead atoms. The summed E-state index contributed by atoms with van der Waals surface area (Å²) in [6.45, 7) is 5.97. The highest BCUT2D eigenvalue weighted by molar-refractivity contribution is 5.77. The van der Waals surface area contributed by atoms with Crippen LogP contribution in [-0.2, 0) is 9.53 Å². The SMILES string of the molecule is CCCOCC(=O)NC1CCCN(c2nc(C)cc(=O)[nH]2)C1. The van der Waals surface area contributed by atoms with Crippen molar-refractivity contribution < 1.29 is 9.53 Å². The molecular formula is C15H24N4O3. The minimum Gasteiger partial charge on any atom is -0.372 e. The number of carbonyl (C=O) groups excluding carboxylic acids is 1. The fraction of sp³-hybridized carbons (Fsp3) is 0.667. The molecule has 122 valence electrons. The number of nitrogens with one attached hydrogen (secondary N) is 2. The zero-order chi connectivity index (χ0) is 15.9. The quantitative estimate of drug-likeness (QED) is 0.751. The van der Waals surface area contributed by atoms with Gasteiger partial charge in [0.25, 0.3) is 5.56 Å². The van der Waals surface area contributed by atoms with Crippen molar-refractivity contribution in [2.75, 3.05) is 31.2 Å². The Balaban J connectivity index is 1.91. The van der Waals surface area contributed by atoms with Crippen molar-refractivity contribution >= 4 is 11.9 Å². The lowest BCUT2D eigenvalue weighted by Gasteiger charge is -2.33. The third-order valence-electron chi connectivity index (χ3n) is 3.52. The lowest BCUT2D eigenvalue weighted by Crippen LogP contribution is -2.49. The summed E-state index contributed by atoms with van der Waals surface area (Å²) in [6.07, 6.45) is 2.77. The number of piperidine rings is 1. The number of aromatic amines is 1. The topological polar surface area (TPSA) is 87.3 Å². The number of rotatable bonds is 6. The second kappa shape index (κ2) is 7.93. The van der Waals surface area contributed by atoms with Crippen LogP contribution in [0.3, 0.4) is 0 Å². The van der Waals surface area contributed by atoms with Crippen LogP contribution in [0.5, 0.6) is 0 Å². The molecule has 0 saturated carbocycles. The maximum atomic E-state index is 11.8. The summed E-state index contributed by atoms with van der Waals surface area (Å²) >= 11 is 0. The van der Waals surface area contributed by atoms with E-state index >= 15 is 0 Å². The van der Waals surface area contributed by atoms with Gasteiger partial charge in [0.15, 0.2) is 0 Å². The Morgan fingerprint density at radius 2 is 2.41 bits per heavy atom. The van der Waals surface area contributed by atoms with Crippen molar-refractivity contribution in [3.05, 3.63) is 22.1 Å². The van der Waals surface area contributed by atoms with Crippen LogP contribution < -0.4 is 15.8 Å². The second-order valence-corrected chi connectivity index (χ2v) is 5.62. The van der Waals surface area contributed by atoms with E-state index < -0.39 is 0 Å². The summed E-state index contributed by atoms with van der Waals surface area (Å²) in [7, 11) is 0. The molecule has 1 saturated heterocycles. The Morgan fingerprint density at radius 1 is 1.59 bits per heavy atom. The van der Waals surface area contributed by atoms with Crippen molar-refractivity contribution in [2.45, 2.75) is 39.2 Å². The van der Waals surface area contributed by atoms with Crippen molar-refractivity contribution in [1.29, 1.82) is 0 Å². The molecule has 1 aliphatic heterocycles. The van der Waals surface area contributed by atoms with Crippen molar-refractivity contribution in [3.63, 3.8) is 0 Å². The lowest BCUT2D eigenvalue weighted by atomic mass is 10.1. The zero-order valence-corrected chi connectivity index (χ0v) is 13.2. The van der Waals surface area contributed by atoms with Gasteiger partial charge in [-0.1, -0.05) is 6.92 Å². The van der Waals surface area contributed by atoms with Crippen LogP contribution in [0.1, 0.15) is 31.9 Å². The predicted octanol–water partition coefficient (Wildman–Crippen LogP) is 0.590. The van der Waals surface area contributed by atoms with E-state index in [0.29, 0.717) is 24.8 Å². The van der Waals surface area contributed by atoms with E-state index in [2.05, 4.69) is 15.3 Å². The fourth-order valence-corrected chi connectivity index (χ4v) is 2.58. The number of hydrogen-bond donors (Lipinski definition) is 2. The molecule has 7 heteroatoms. The number of hydrogen-bond acceptors (Lipinski definition) is 5. The van der Waals surface area contributed by atoms with Crippen LogP contribution in [0, 0.1) is 6.92 Å². The first kappa shape index (κ1) is 16.5. The monoisotopic (exact) mass is 308 g/mol. The number of nitrogens with zero attached hydrogens (tertiary/aromatic N) is 2.